The Morgan fingerprint density at radius 3 is 2.48 bits per heavy atom. The molecule has 1 aliphatic rings. The number of hydrogen-bond donors (Lipinski definition) is 0. The van der Waals surface area contributed by atoms with Gasteiger partial charge in [0.15, 0.2) is 0 Å². The van der Waals surface area contributed by atoms with Crippen LogP contribution in [0.1, 0.15) is 42.6 Å². The highest BCUT2D eigenvalue weighted by molar-refractivity contribution is 9.10. The lowest BCUT2D eigenvalue weighted by Gasteiger charge is -2.32. The summed E-state index contributed by atoms with van der Waals surface area (Å²) in [5, 5.41) is 0. The molecular weight excluding hydrogens is 378 g/mol. The predicted octanol–water partition coefficient (Wildman–Crippen LogP) is 3.70. The van der Waals surface area contributed by atoms with Gasteiger partial charge in [0, 0.05) is 32.8 Å². The molecule has 0 unspecified atom stereocenters. The van der Waals surface area contributed by atoms with Crippen molar-refractivity contribution in [2.24, 2.45) is 0 Å². The molecular formula is C14H17BrClNO3S. The van der Waals surface area contributed by atoms with Crippen molar-refractivity contribution < 1.29 is 13.2 Å². The van der Waals surface area contributed by atoms with Gasteiger partial charge in [0.1, 0.15) is 0 Å². The summed E-state index contributed by atoms with van der Waals surface area (Å²) >= 11 is 3.30. The Hall–Kier alpha value is -0.590. The maximum atomic E-state index is 12.7. The summed E-state index contributed by atoms with van der Waals surface area (Å²) in [5.74, 6) is -0.167. The summed E-state index contributed by atoms with van der Waals surface area (Å²) in [7, 11) is 1.56. The highest BCUT2D eigenvalue weighted by Gasteiger charge is 2.36. The van der Waals surface area contributed by atoms with E-state index in [1.807, 2.05) is 13.8 Å². The Kier molecular flexibility index (Phi) is 4.44. The molecule has 2 rings (SSSR count). The third-order valence-electron chi connectivity index (χ3n) is 3.95. The normalized spacial score (nSPS) is 18.0. The number of carbonyl (C=O) groups is 1. The number of benzene rings is 1. The van der Waals surface area contributed by atoms with Gasteiger partial charge >= 0.3 is 0 Å². The van der Waals surface area contributed by atoms with E-state index in [0.717, 1.165) is 12.8 Å². The van der Waals surface area contributed by atoms with Crippen molar-refractivity contribution in [1.29, 1.82) is 0 Å². The van der Waals surface area contributed by atoms with Crippen LogP contribution in [0.4, 0.5) is 0 Å². The molecule has 1 aromatic rings. The largest absolute Gasteiger partial charge is 0.334 e. The molecule has 1 amide bonds. The monoisotopic (exact) mass is 393 g/mol. The molecule has 0 N–H and O–H groups in total. The number of halogens is 2. The Balaban J connectivity index is 2.51. The molecule has 0 bridgehead atoms. The third kappa shape index (κ3) is 3.27. The first-order valence-corrected chi connectivity index (χ1v) is 9.71. The average Bonchev–Trinajstić information content (AvgIpc) is 2.69. The summed E-state index contributed by atoms with van der Waals surface area (Å²) < 4.78 is 23.9. The van der Waals surface area contributed by atoms with Gasteiger partial charge in [-0.2, -0.15) is 0 Å². The van der Waals surface area contributed by atoms with Gasteiger partial charge in [-0.15, -0.1) is 0 Å². The third-order valence-corrected chi connectivity index (χ3v) is 6.22. The molecule has 0 aromatic heterocycles. The molecule has 0 spiro atoms. The number of rotatable bonds is 2. The molecule has 1 heterocycles. The fraction of sp³-hybridized carbons (Fsp3) is 0.500. The van der Waals surface area contributed by atoms with Crippen molar-refractivity contribution in [3.8, 4) is 0 Å². The summed E-state index contributed by atoms with van der Waals surface area (Å²) in [6.07, 6.45) is 1.89. The van der Waals surface area contributed by atoms with Gasteiger partial charge in [0.25, 0.3) is 15.0 Å². The van der Waals surface area contributed by atoms with Crippen molar-refractivity contribution in [2.45, 2.75) is 44.0 Å². The zero-order valence-corrected chi connectivity index (χ0v) is 15.3. The molecule has 0 saturated carbocycles. The fourth-order valence-corrected chi connectivity index (χ4v) is 4.49. The van der Waals surface area contributed by atoms with Gasteiger partial charge in [-0.25, -0.2) is 8.42 Å². The lowest BCUT2D eigenvalue weighted by molar-refractivity contribution is 0.0651. The van der Waals surface area contributed by atoms with E-state index in [9.17, 15) is 13.2 Å². The quantitative estimate of drug-likeness (QED) is 0.719. The molecule has 7 heteroatoms. The topological polar surface area (TPSA) is 54.5 Å². The first-order chi connectivity index (χ1) is 9.54. The minimum Gasteiger partial charge on any atom is -0.334 e. The van der Waals surface area contributed by atoms with Crippen LogP contribution in [-0.4, -0.2) is 31.3 Å². The van der Waals surface area contributed by atoms with E-state index in [1.165, 1.54) is 6.07 Å². The molecule has 1 fully saturated rings. The maximum Gasteiger partial charge on any atom is 0.261 e. The van der Waals surface area contributed by atoms with E-state index >= 15 is 0 Å². The van der Waals surface area contributed by atoms with Gasteiger partial charge in [-0.1, -0.05) is 15.9 Å². The SMILES string of the molecule is Cc1c(Br)cc(C(=O)N2CCCC2(C)C)cc1S(=O)(=O)Cl. The molecule has 21 heavy (non-hydrogen) atoms. The Labute approximate surface area is 138 Å². The molecule has 0 radical (unpaired) electrons. The minimum absolute atomic E-state index is 0.0288. The summed E-state index contributed by atoms with van der Waals surface area (Å²) in [4.78, 5) is 14.4. The van der Waals surface area contributed by atoms with Gasteiger partial charge in [0.2, 0.25) is 0 Å². The van der Waals surface area contributed by atoms with Gasteiger partial charge in [-0.05, 0) is 51.3 Å². The van der Waals surface area contributed by atoms with Crippen LogP contribution in [0, 0.1) is 6.92 Å². The first-order valence-electron chi connectivity index (χ1n) is 6.61. The van der Waals surface area contributed by atoms with Gasteiger partial charge in [0.05, 0.1) is 4.90 Å². The van der Waals surface area contributed by atoms with E-state index < -0.39 is 9.05 Å². The standard InChI is InChI=1S/C14H17BrClNO3S/c1-9-11(15)7-10(8-12(9)21(16,19)20)13(18)17-6-4-5-14(17,2)3/h7-8H,4-6H2,1-3H3. The lowest BCUT2D eigenvalue weighted by atomic mass is 10.0. The number of nitrogens with zero attached hydrogens (tertiary/aromatic N) is 1. The van der Waals surface area contributed by atoms with Crippen LogP contribution >= 0.6 is 26.6 Å². The summed E-state index contributed by atoms with van der Waals surface area (Å²) in [5.41, 5.74) is 0.623. The molecule has 0 atom stereocenters. The second kappa shape index (κ2) is 5.56. The smallest absolute Gasteiger partial charge is 0.261 e. The van der Waals surface area contributed by atoms with Crippen LogP contribution < -0.4 is 0 Å². The second-order valence-corrected chi connectivity index (χ2v) is 9.28. The van der Waals surface area contributed by atoms with E-state index in [-0.39, 0.29) is 16.3 Å². The van der Waals surface area contributed by atoms with Gasteiger partial charge in [-0.3, -0.25) is 4.79 Å². The Morgan fingerprint density at radius 1 is 1.38 bits per heavy atom. The highest BCUT2D eigenvalue weighted by atomic mass is 79.9. The molecule has 116 valence electrons. The highest BCUT2D eigenvalue weighted by Crippen LogP contribution is 2.33. The van der Waals surface area contributed by atoms with Crippen LogP contribution in [0.3, 0.4) is 0 Å². The van der Waals surface area contributed by atoms with Crippen molar-refractivity contribution in [3.05, 3.63) is 27.7 Å². The number of carbonyl (C=O) groups excluding carboxylic acids is 1. The molecule has 4 nitrogen and oxygen atoms in total. The van der Waals surface area contributed by atoms with Crippen LogP contribution in [0.25, 0.3) is 0 Å². The number of likely N-dealkylation sites (tertiary alicyclic amines) is 1. The molecule has 1 saturated heterocycles. The van der Waals surface area contributed by atoms with Gasteiger partial charge < -0.3 is 4.90 Å². The minimum atomic E-state index is -3.89. The van der Waals surface area contributed by atoms with Crippen molar-refractivity contribution in [1.82, 2.24) is 4.90 Å². The van der Waals surface area contributed by atoms with Crippen LogP contribution in [0.5, 0.6) is 0 Å². The fourth-order valence-electron chi connectivity index (χ4n) is 2.67. The zero-order chi connectivity index (χ0) is 16.0. The van der Waals surface area contributed by atoms with E-state index in [0.29, 0.717) is 22.1 Å². The number of amides is 1. The lowest BCUT2D eigenvalue weighted by Crippen LogP contribution is -2.42. The van der Waals surface area contributed by atoms with Crippen LogP contribution in [0.2, 0.25) is 0 Å². The zero-order valence-electron chi connectivity index (χ0n) is 12.1. The average molecular weight is 395 g/mol. The van der Waals surface area contributed by atoms with Crippen LogP contribution in [0.15, 0.2) is 21.5 Å². The Morgan fingerprint density at radius 2 is 2.00 bits per heavy atom. The predicted molar refractivity (Wildman–Crippen MR) is 86.3 cm³/mol. The number of hydrogen-bond acceptors (Lipinski definition) is 3. The Bertz CT molecular complexity index is 700. The van der Waals surface area contributed by atoms with E-state index in [4.69, 9.17) is 10.7 Å². The van der Waals surface area contributed by atoms with E-state index in [1.54, 1.807) is 17.9 Å². The summed E-state index contributed by atoms with van der Waals surface area (Å²) in [6.45, 7) is 6.36. The first kappa shape index (κ1) is 16.8. The van der Waals surface area contributed by atoms with Crippen molar-refractivity contribution >= 4 is 41.6 Å². The maximum absolute atomic E-state index is 12.7. The van der Waals surface area contributed by atoms with Crippen molar-refractivity contribution in [3.63, 3.8) is 0 Å². The second-order valence-electron chi connectivity index (χ2n) is 5.89. The van der Waals surface area contributed by atoms with Crippen LogP contribution in [-0.2, 0) is 9.05 Å². The van der Waals surface area contributed by atoms with E-state index in [2.05, 4.69) is 15.9 Å². The molecule has 0 aliphatic carbocycles. The van der Waals surface area contributed by atoms with Crippen molar-refractivity contribution in [2.75, 3.05) is 6.54 Å². The summed E-state index contributed by atoms with van der Waals surface area (Å²) in [6, 6.07) is 3.01. The molecule has 1 aromatic carbocycles. The molecule has 1 aliphatic heterocycles.